The van der Waals surface area contributed by atoms with Crippen molar-refractivity contribution in [3.63, 3.8) is 0 Å². The highest BCUT2D eigenvalue weighted by Gasteiger charge is 2.26. The quantitative estimate of drug-likeness (QED) is 0.805. The maximum Gasteiger partial charge on any atom is 0.410 e. The van der Waals surface area contributed by atoms with E-state index in [-0.39, 0.29) is 11.5 Å². The summed E-state index contributed by atoms with van der Waals surface area (Å²) < 4.78 is 5.33. The second-order valence-corrected chi connectivity index (χ2v) is 5.86. The normalized spacial score (nSPS) is 12.4. The molecule has 0 heterocycles. The maximum absolute atomic E-state index is 11.8. The van der Waals surface area contributed by atoms with Gasteiger partial charge < -0.3 is 15.4 Å². The molecule has 0 saturated carbocycles. The van der Waals surface area contributed by atoms with E-state index < -0.39 is 5.60 Å². The van der Waals surface area contributed by atoms with Gasteiger partial charge in [0.15, 0.2) is 0 Å². The Kier molecular flexibility index (Phi) is 5.26. The van der Waals surface area contributed by atoms with E-state index in [2.05, 4.69) is 0 Å². The number of hydrogen-bond donors (Lipinski definition) is 1. The van der Waals surface area contributed by atoms with E-state index in [4.69, 9.17) is 10.5 Å². The Morgan fingerprint density at radius 1 is 1.25 bits per heavy atom. The molecular weight excluding hydrogens is 204 g/mol. The molecule has 0 unspecified atom stereocenters. The van der Waals surface area contributed by atoms with Crippen LogP contribution in [0.15, 0.2) is 0 Å². The van der Waals surface area contributed by atoms with Crippen LogP contribution < -0.4 is 5.73 Å². The van der Waals surface area contributed by atoms with Crippen LogP contribution in [0, 0.1) is 5.41 Å². The summed E-state index contributed by atoms with van der Waals surface area (Å²) >= 11 is 0. The third kappa shape index (κ3) is 5.95. The lowest BCUT2D eigenvalue weighted by Gasteiger charge is -2.32. The van der Waals surface area contributed by atoms with E-state index in [0.29, 0.717) is 19.6 Å². The third-order valence-corrected chi connectivity index (χ3v) is 2.20. The molecule has 0 aliphatic heterocycles. The van der Waals surface area contributed by atoms with Gasteiger partial charge in [0.2, 0.25) is 0 Å². The minimum absolute atomic E-state index is 0.0765. The van der Waals surface area contributed by atoms with Crippen molar-refractivity contribution < 1.29 is 9.53 Å². The summed E-state index contributed by atoms with van der Waals surface area (Å²) in [5.74, 6) is 0. The highest BCUT2D eigenvalue weighted by molar-refractivity contribution is 5.68. The van der Waals surface area contributed by atoms with E-state index in [0.717, 1.165) is 0 Å². The molecule has 0 bridgehead atoms. The summed E-state index contributed by atoms with van der Waals surface area (Å²) in [6, 6.07) is 0. The molecule has 0 atom stereocenters. The van der Waals surface area contributed by atoms with Gasteiger partial charge >= 0.3 is 6.09 Å². The van der Waals surface area contributed by atoms with Gasteiger partial charge in [0.05, 0.1) is 0 Å². The molecule has 0 aliphatic rings. The molecule has 96 valence electrons. The molecule has 0 aromatic carbocycles. The second-order valence-electron chi connectivity index (χ2n) is 5.86. The molecule has 0 fully saturated rings. The van der Waals surface area contributed by atoms with Gasteiger partial charge in [-0.15, -0.1) is 0 Å². The molecule has 0 rings (SSSR count). The predicted octanol–water partition coefficient (Wildman–Crippen LogP) is 2.23. The van der Waals surface area contributed by atoms with Crippen LogP contribution in [0.1, 0.15) is 41.5 Å². The van der Waals surface area contributed by atoms with Crippen molar-refractivity contribution in [3.05, 3.63) is 0 Å². The smallest absolute Gasteiger partial charge is 0.410 e. The molecule has 16 heavy (non-hydrogen) atoms. The van der Waals surface area contributed by atoms with Crippen LogP contribution in [0.4, 0.5) is 4.79 Å². The topological polar surface area (TPSA) is 55.6 Å². The van der Waals surface area contributed by atoms with Gasteiger partial charge in [0.25, 0.3) is 0 Å². The Bertz CT molecular complexity index is 232. The zero-order valence-electron chi connectivity index (χ0n) is 11.5. The third-order valence-electron chi connectivity index (χ3n) is 2.20. The summed E-state index contributed by atoms with van der Waals surface area (Å²) in [5.41, 5.74) is 5.13. The minimum Gasteiger partial charge on any atom is -0.444 e. The van der Waals surface area contributed by atoms with Crippen LogP contribution in [-0.4, -0.2) is 36.2 Å². The summed E-state index contributed by atoms with van der Waals surface area (Å²) in [6.07, 6.45) is -0.267. The van der Waals surface area contributed by atoms with E-state index >= 15 is 0 Å². The number of carbonyl (C=O) groups is 1. The molecular formula is C12H26N2O2. The predicted molar refractivity (Wildman–Crippen MR) is 66.3 cm³/mol. The van der Waals surface area contributed by atoms with Gasteiger partial charge in [-0.3, -0.25) is 0 Å². The average molecular weight is 230 g/mol. The van der Waals surface area contributed by atoms with Gasteiger partial charge in [-0.05, 0) is 39.7 Å². The fourth-order valence-corrected chi connectivity index (χ4v) is 1.21. The van der Waals surface area contributed by atoms with Crippen LogP contribution >= 0.6 is 0 Å². The Morgan fingerprint density at radius 3 is 2.06 bits per heavy atom. The molecule has 0 aromatic rings. The molecule has 0 saturated heterocycles. The Morgan fingerprint density at radius 2 is 1.75 bits per heavy atom. The molecule has 0 radical (unpaired) electrons. The fraction of sp³-hybridized carbons (Fsp3) is 0.917. The van der Waals surface area contributed by atoms with Crippen molar-refractivity contribution in [2.45, 2.75) is 47.1 Å². The van der Waals surface area contributed by atoms with E-state index in [1.54, 1.807) is 4.90 Å². The van der Waals surface area contributed by atoms with Gasteiger partial charge in [0.1, 0.15) is 5.60 Å². The van der Waals surface area contributed by atoms with Gasteiger partial charge in [0, 0.05) is 13.1 Å². The van der Waals surface area contributed by atoms with Gasteiger partial charge in [-0.1, -0.05) is 13.8 Å². The van der Waals surface area contributed by atoms with Gasteiger partial charge in [-0.2, -0.15) is 0 Å². The first-order valence-corrected chi connectivity index (χ1v) is 5.79. The molecule has 1 amide bonds. The lowest BCUT2D eigenvalue weighted by Crippen LogP contribution is -2.44. The summed E-state index contributed by atoms with van der Waals surface area (Å²) in [6.45, 7) is 13.4. The lowest BCUT2D eigenvalue weighted by atomic mass is 9.93. The summed E-state index contributed by atoms with van der Waals surface area (Å²) in [7, 11) is 0. The monoisotopic (exact) mass is 230 g/mol. The number of ether oxygens (including phenoxy) is 1. The molecule has 4 heteroatoms. The molecule has 2 N–H and O–H groups in total. The number of carbonyl (C=O) groups excluding carboxylic acids is 1. The standard InChI is InChI=1S/C12H26N2O2/c1-7-14(9-12(5,6)8-13)10(15)16-11(2,3)4/h7-9,13H2,1-6H3. The van der Waals surface area contributed by atoms with Crippen molar-refractivity contribution in [3.8, 4) is 0 Å². The van der Waals surface area contributed by atoms with E-state index in [9.17, 15) is 4.79 Å². The van der Waals surface area contributed by atoms with Crippen molar-refractivity contribution in [1.82, 2.24) is 4.90 Å². The van der Waals surface area contributed by atoms with Crippen molar-refractivity contribution >= 4 is 6.09 Å². The number of rotatable bonds is 4. The van der Waals surface area contributed by atoms with Gasteiger partial charge in [-0.25, -0.2) is 4.79 Å². The lowest BCUT2D eigenvalue weighted by molar-refractivity contribution is 0.0195. The first-order chi connectivity index (χ1) is 7.11. The van der Waals surface area contributed by atoms with Crippen LogP contribution in [-0.2, 0) is 4.74 Å². The highest BCUT2D eigenvalue weighted by Crippen LogP contribution is 2.17. The van der Waals surface area contributed by atoms with E-state index in [1.807, 2.05) is 41.5 Å². The van der Waals surface area contributed by atoms with E-state index in [1.165, 1.54) is 0 Å². The molecule has 0 aromatic heterocycles. The largest absolute Gasteiger partial charge is 0.444 e. The summed E-state index contributed by atoms with van der Waals surface area (Å²) in [5, 5.41) is 0. The molecule has 0 aliphatic carbocycles. The Hall–Kier alpha value is -0.770. The molecule has 0 spiro atoms. The second kappa shape index (κ2) is 5.53. The zero-order valence-corrected chi connectivity index (χ0v) is 11.5. The average Bonchev–Trinajstić information content (AvgIpc) is 2.11. The Balaban J connectivity index is 4.45. The number of nitrogens with zero attached hydrogens (tertiary/aromatic N) is 1. The SMILES string of the molecule is CCN(CC(C)(C)CN)C(=O)OC(C)(C)C. The molecule has 4 nitrogen and oxygen atoms in total. The number of amides is 1. The summed E-state index contributed by atoms with van der Waals surface area (Å²) in [4.78, 5) is 13.5. The first kappa shape index (κ1) is 15.2. The zero-order chi connectivity index (χ0) is 13.0. The number of hydrogen-bond acceptors (Lipinski definition) is 3. The van der Waals surface area contributed by atoms with Crippen LogP contribution in [0.3, 0.4) is 0 Å². The number of nitrogens with two attached hydrogens (primary N) is 1. The maximum atomic E-state index is 11.8. The van der Waals surface area contributed by atoms with Crippen molar-refractivity contribution in [2.24, 2.45) is 11.1 Å². The van der Waals surface area contributed by atoms with Crippen LogP contribution in [0.5, 0.6) is 0 Å². The Labute approximate surface area is 99.1 Å². The van der Waals surface area contributed by atoms with Crippen molar-refractivity contribution in [1.29, 1.82) is 0 Å². The van der Waals surface area contributed by atoms with Crippen LogP contribution in [0.2, 0.25) is 0 Å². The highest BCUT2D eigenvalue weighted by atomic mass is 16.6. The minimum atomic E-state index is -0.447. The van der Waals surface area contributed by atoms with Crippen LogP contribution in [0.25, 0.3) is 0 Å². The fourth-order valence-electron chi connectivity index (χ4n) is 1.21. The van der Waals surface area contributed by atoms with Crippen molar-refractivity contribution in [2.75, 3.05) is 19.6 Å². The first-order valence-electron chi connectivity index (χ1n) is 5.79.